The van der Waals surface area contributed by atoms with E-state index in [1.54, 1.807) is 24.8 Å². The summed E-state index contributed by atoms with van der Waals surface area (Å²) in [6.07, 6.45) is 1.84. The second-order valence-electron chi connectivity index (χ2n) is 2.77. The molecular weight excluding hydrogens is 170 g/mol. The topological polar surface area (TPSA) is 40.5 Å². The number of methoxy groups -OCH3 is 2. The first-order valence-electron chi connectivity index (χ1n) is 3.91. The molecule has 0 aliphatic carbocycles. The highest BCUT2D eigenvalue weighted by molar-refractivity contribution is 5.87. The van der Waals surface area contributed by atoms with Crippen LogP contribution < -0.4 is 0 Å². The normalized spacial score (nSPS) is 10.1. The van der Waals surface area contributed by atoms with E-state index in [0.29, 0.717) is 12.3 Å². The van der Waals surface area contributed by atoms with Gasteiger partial charge in [-0.3, -0.25) is 0 Å². The quantitative estimate of drug-likeness (QED) is 0.655. The average molecular weight is 183 g/mol. The zero-order valence-electron chi connectivity index (χ0n) is 8.03. The summed E-state index contributed by atoms with van der Waals surface area (Å²) >= 11 is 0. The smallest absolute Gasteiger partial charge is 0.354 e. The minimum absolute atomic E-state index is 0.329. The summed E-state index contributed by atoms with van der Waals surface area (Å²) in [7, 11) is 4.78. The van der Waals surface area contributed by atoms with Crippen molar-refractivity contribution in [3.63, 3.8) is 0 Å². The molecule has 0 bridgehead atoms. The number of esters is 1. The Morgan fingerprint density at radius 2 is 2.23 bits per heavy atom. The van der Waals surface area contributed by atoms with Crippen molar-refractivity contribution >= 4 is 5.97 Å². The van der Waals surface area contributed by atoms with Gasteiger partial charge in [0.2, 0.25) is 0 Å². The molecule has 4 nitrogen and oxygen atoms in total. The SMILES string of the molecule is COCc1cc(C(=O)OC)n(C)c1. The fourth-order valence-corrected chi connectivity index (χ4v) is 1.19. The molecule has 0 fully saturated rings. The Bertz CT molecular complexity index is 304. The van der Waals surface area contributed by atoms with E-state index < -0.39 is 0 Å². The van der Waals surface area contributed by atoms with E-state index in [4.69, 9.17) is 4.74 Å². The maximum absolute atomic E-state index is 11.2. The van der Waals surface area contributed by atoms with Gasteiger partial charge in [0.25, 0.3) is 0 Å². The van der Waals surface area contributed by atoms with E-state index in [2.05, 4.69) is 4.74 Å². The van der Waals surface area contributed by atoms with Gasteiger partial charge in [0, 0.05) is 20.4 Å². The van der Waals surface area contributed by atoms with E-state index in [1.165, 1.54) is 7.11 Å². The summed E-state index contributed by atoms with van der Waals surface area (Å²) in [5.41, 5.74) is 1.50. The number of nitrogens with zero attached hydrogens (tertiary/aromatic N) is 1. The van der Waals surface area contributed by atoms with Crippen LogP contribution in [0.1, 0.15) is 16.1 Å². The molecule has 13 heavy (non-hydrogen) atoms. The highest BCUT2D eigenvalue weighted by Gasteiger charge is 2.11. The van der Waals surface area contributed by atoms with Crippen molar-refractivity contribution < 1.29 is 14.3 Å². The van der Waals surface area contributed by atoms with Gasteiger partial charge in [0.05, 0.1) is 13.7 Å². The minimum atomic E-state index is -0.329. The van der Waals surface area contributed by atoms with E-state index in [-0.39, 0.29) is 5.97 Å². The van der Waals surface area contributed by atoms with Gasteiger partial charge < -0.3 is 14.0 Å². The molecule has 0 amide bonds. The molecule has 0 spiro atoms. The summed E-state index contributed by atoms with van der Waals surface area (Å²) in [4.78, 5) is 11.2. The number of hydrogen-bond donors (Lipinski definition) is 0. The Morgan fingerprint density at radius 3 is 2.77 bits per heavy atom. The summed E-state index contributed by atoms with van der Waals surface area (Å²) in [5, 5.41) is 0. The number of carbonyl (C=O) groups is 1. The zero-order chi connectivity index (χ0) is 9.84. The van der Waals surface area contributed by atoms with Gasteiger partial charge in [-0.1, -0.05) is 0 Å². The van der Waals surface area contributed by atoms with Crippen molar-refractivity contribution in [3.8, 4) is 0 Å². The number of aryl methyl sites for hydroxylation is 1. The first-order chi connectivity index (χ1) is 6.19. The first kappa shape index (κ1) is 9.80. The van der Waals surface area contributed by atoms with Crippen LogP contribution in [-0.2, 0) is 23.1 Å². The Morgan fingerprint density at radius 1 is 1.54 bits per heavy atom. The molecule has 0 saturated heterocycles. The van der Waals surface area contributed by atoms with Crippen LogP contribution in [0, 0.1) is 0 Å². The van der Waals surface area contributed by atoms with Crippen molar-refractivity contribution in [3.05, 3.63) is 23.5 Å². The molecule has 0 aromatic carbocycles. The fraction of sp³-hybridized carbons (Fsp3) is 0.444. The van der Waals surface area contributed by atoms with Crippen LogP contribution in [0.4, 0.5) is 0 Å². The molecule has 1 heterocycles. The molecule has 0 unspecified atom stereocenters. The molecule has 72 valence electrons. The highest BCUT2D eigenvalue weighted by atomic mass is 16.5. The van der Waals surface area contributed by atoms with Gasteiger partial charge in [-0.15, -0.1) is 0 Å². The summed E-state index contributed by atoms with van der Waals surface area (Å²) in [5.74, 6) is -0.329. The Kier molecular flexibility index (Phi) is 3.08. The van der Waals surface area contributed by atoms with Gasteiger partial charge in [0.1, 0.15) is 5.69 Å². The highest BCUT2D eigenvalue weighted by Crippen LogP contribution is 2.09. The molecule has 0 aliphatic rings. The molecular formula is C9H13NO3. The number of aromatic nitrogens is 1. The summed E-state index contributed by atoms with van der Waals surface area (Å²) in [6, 6.07) is 1.76. The predicted octanol–water partition coefficient (Wildman–Crippen LogP) is 0.958. The standard InChI is InChI=1S/C9H13NO3/c1-10-5-7(6-12-2)4-8(10)9(11)13-3/h4-5H,6H2,1-3H3. The van der Waals surface area contributed by atoms with Crippen LogP contribution >= 0.6 is 0 Å². The van der Waals surface area contributed by atoms with E-state index >= 15 is 0 Å². The summed E-state index contributed by atoms with van der Waals surface area (Å²) < 4.78 is 11.3. The average Bonchev–Trinajstić information content (AvgIpc) is 2.46. The second kappa shape index (κ2) is 4.09. The molecule has 0 N–H and O–H groups in total. The number of rotatable bonds is 3. The maximum atomic E-state index is 11.2. The van der Waals surface area contributed by atoms with Crippen LogP contribution in [0.2, 0.25) is 0 Å². The molecule has 1 aromatic rings. The molecule has 0 saturated carbocycles. The van der Waals surface area contributed by atoms with E-state index in [0.717, 1.165) is 5.56 Å². The largest absolute Gasteiger partial charge is 0.464 e. The van der Waals surface area contributed by atoms with Crippen molar-refractivity contribution in [2.75, 3.05) is 14.2 Å². The molecule has 0 aliphatic heterocycles. The lowest BCUT2D eigenvalue weighted by Gasteiger charge is -1.98. The molecule has 4 heteroatoms. The van der Waals surface area contributed by atoms with Crippen LogP contribution in [-0.4, -0.2) is 24.8 Å². The van der Waals surface area contributed by atoms with Gasteiger partial charge in [-0.2, -0.15) is 0 Å². The predicted molar refractivity (Wildman–Crippen MR) is 47.5 cm³/mol. The van der Waals surface area contributed by atoms with Crippen LogP contribution in [0.15, 0.2) is 12.3 Å². The third-order valence-electron chi connectivity index (χ3n) is 1.77. The van der Waals surface area contributed by atoms with Crippen LogP contribution in [0.3, 0.4) is 0 Å². The number of ether oxygens (including phenoxy) is 2. The minimum Gasteiger partial charge on any atom is -0.464 e. The van der Waals surface area contributed by atoms with Crippen molar-refractivity contribution in [1.82, 2.24) is 4.57 Å². The van der Waals surface area contributed by atoms with Crippen LogP contribution in [0.25, 0.3) is 0 Å². The number of hydrogen-bond acceptors (Lipinski definition) is 3. The second-order valence-corrected chi connectivity index (χ2v) is 2.77. The lowest BCUT2D eigenvalue weighted by atomic mass is 10.3. The monoisotopic (exact) mass is 183 g/mol. The fourth-order valence-electron chi connectivity index (χ4n) is 1.19. The van der Waals surface area contributed by atoms with Gasteiger partial charge >= 0.3 is 5.97 Å². The van der Waals surface area contributed by atoms with E-state index in [9.17, 15) is 4.79 Å². The Balaban J connectivity index is 2.89. The van der Waals surface area contributed by atoms with Crippen molar-refractivity contribution in [2.24, 2.45) is 7.05 Å². The van der Waals surface area contributed by atoms with Crippen molar-refractivity contribution in [1.29, 1.82) is 0 Å². The van der Waals surface area contributed by atoms with Crippen LogP contribution in [0.5, 0.6) is 0 Å². The number of carbonyl (C=O) groups excluding carboxylic acids is 1. The van der Waals surface area contributed by atoms with Gasteiger partial charge in [0.15, 0.2) is 0 Å². The Labute approximate surface area is 77.1 Å². The Hall–Kier alpha value is -1.29. The van der Waals surface area contributed by atoms with Gasteiger partial charge in [-0.05, 0) is 11.6 Å². The first-order valence-corrected chi connectivity index (χ1v) is 3.91. The third kappa shape index (κ3) is 2.09. The molecule has 1 aromatic heterocycles. The van der Waals surface area contributed by atoms with E-state index in [1.807, 2.05) is 6.20 Å². The third-order valence-corrected chi connectivity index (χ3v) is 1.77. The van der Waals surface area contributed by atoms with Gasteiger partial charge in [-0.25, -0.2) is 4.79 Å². The zero-order valence-corrected chi connectivity index (χ0v) is 8.03. The maximum Gasteiger partial charge on any atom is 0.354 e. The summed E-state index contributed by atoms with van der Waals surface area (Å²) in [6.45, 7) is 0.505. The molecule has 0 radical (unpaired) electrons. The lowest BCUT2D eigenvalue weighted by molar-refractivity contribution is 0.0590. The molecule has 1 rings (SSSR count). The lowest BCUT2D eigenvalue weighted by Crippen LogP contribution is -2.06. The van der Waals surface area contributed by atoms with Crippen molar-refractivity contribution in [2.45, 2.75) is 6.61 Å². The molecule has 0 atom stereocenters.